The molecule has 0 aromatic carbocycles. The number of pyridine rings is 1. The SMILES string of the molecule is CC(C)C(N)C(CO)Sc1ncccc1Br. The van der Waals surface area contributed by atoms with Gasteiger partial charge in [-0.3, -0.25) is 0 Å². The first-order chi connectivity index (χ1) is 7.56. The van der Waals surface area contributed by atoms with E-state index >= 15 is 0 Å². The average molecular weight is 305 g/mol. The number of halogens is 1. The Labute approximate surface area is 109 Å². The largest absolute Gasteiger partial charge is 0.395 e. The van der Waals surface area contributed by atoms with Gasteiger partial charge in [-0.1, -0.05) is 25.6 Å². The van der Waals surface area contributed by atoms with E-state index in [4.69, 9.17) is 5.73 Å². The molecule has 0 saturated carbocycles. The molecule has 5 heteroatoms. The number of aliphatic hydroxyl groups excluding tert-OH is 1. The number of rotatable bonds is 5. The standard InChI is InChI=1S/C11H17BrN2OS/c1-7(2)10(13)9(6-15)16-11-8(12)4-3-5-14-11/h3-5,7,9-10,15H,6,13H2,1-2H3. The molecule has 0 amide bonds. The molecule has 90 valence electrons. The Morgan fingerprint density at radius 2 is 2.25 bits per heavy atom. The second kappa shape index (κ2) is 6.59. The first-order valence-electron chi connectivity index (χ1n) is 5.20. The van der Waals surface area contributed by atoms with Crippen LogP contribution in [-0.2, 0) is 0 Å². The van der Waals surface area contributed by atoms with Gasteiger partial charge in [-0.25, -0.2) is 4.98 Å². The van der Waals surface area contributed by atoms with Crippen molar-refractivity contribution in [3.05, 3.63) is 22.8 Å². The Morgan fingerprint density at radius 3 is 2.75 bits per heavy atom. The monoisotopic (exact) mass is 304 g/mol. The molecule has 0 aliphatic carbocycles. The lowest BCUT2D eigenvalue weighted by Crippen LogP contribution is -2.39. The van der Waals surface area contributed by atoms with Crippen molar-refractivity contribution in [1.82, 2.24) is 4.98 Å². The minimum absolute atomic E-state index is 0.0220. The summed E-state index contributed by atoms with van der Waals surface area (Å²) in [5.74, 6) is 0.340. The Kier molecular flexibility index (Phi) is 5.75. The molecular formula is C11H17BrN2OS. The summed E-state index contributed by atoms with van der Waals surface area (Å²) in [6.07, 6.45) is 1.74. The van der Waals surface area contributed by atoms with Crippen LogP contribution in [0.25, 0.3) is 0 Å². The Hall–Kier alpha value is -0.100. The maximum atomic E-state index is 9.35. The molecule has 3 nitrogen and oxygen atoms in total. The minimum atomic E-state index is -0.0380. The highest BCUT2D eigenvalue weighted by molar-refractivity contribution is 9.10. The summed E-state index contributed by atoms with van der Waals surface area (Å²) in [6, 6.07) is 3.76. The zero-order valence-corrected chi connectivity index (χ0v) is 11.8. The predicted molar refractivity (Wildman–Crippen MR) is 71.5 cm³/mol. The topological polar surface area (TPSA) is 59.1 Å². The fourth-order valence-corrected chi connectivity index (χ4v) is 2.94. The smallest absolute Gasteiger partial charge is 0.111 e. The normalized spacial score (nSPS) is 15.1. The molecule has 0 bridgehead atoms. The van der Waals surface area contributed by atoms with E-state index in [2.05, 4.69) is 34.8 Å². The van der Waals surface area contributed by atoms with E-state index in [9.17, 15) is 5.11 Å². The van der Waals surface area contributed by atoms with Gasteiger partial charge < -0.3 is 10.8 Å². The molecule has 16 heavy (non-hydrogen) atoms. The molecule has 2 unspecified atom stereocenters. The summed E-state index contributed by atoms with van der Waals surface area (Å²) in [6.45, 7) is 4.18. The molecule has 1 heterocycles. The van der Waals surface area contributed by atoms with Crippen molar-refractivity contribution < 1.29 is 5.11 Å². The highest BCUT2D eigenvalue weighted by atomic mass is 79.9. The number of nitrogens with zero attached hydrogens (tertiary/aromatic N) is 1. The lowest BCUT2D eigenvalue weighted by molar-refractivity contribution is 0.269. The first kappa shape index (κ1) is 14.0. The van der Waals surface area contributed by atoms with E-state index < -0.39 is 0 Å². The molecule has 0 aliphatic rings. The molecule has 3 N–H and O–H groups in total. The number of thioether (sulfide) groups is 1. The number of aromatic nitrogens is 1. The molecule has 1 aromatic rings. The highest BCUT2D eigenvalue weighted by Gasteiger charge is 2.22. The van der Waals surface area contributed by atoms with Crippen molar-refractivity contribution in [2.24, 2.45) is 11.7 Å². The van der Waals surface area contributed by atoms with Gasteiger partial charge in [0.15, 0.2) is 0 Å². The van der Waals surface area contributed by atoms with Gasteiger partial charge >= 0.3 is 0 Å². The maximum Gasteiger partial charge on any atom is 0.111 e. The second-order valence-corrected chi connectivity index (χ2v) is 6.03. The van der Waals surface area contributed by atoms with Crippen LogP contribution in [0.2, 0.25) is 0 Å². The Balaban J connectivity index is 2.74. The van der Waals surface area contributed by atoms with Crippen LogP contribution in [0.15, 0.2) is 27.8 Å². The number of aliphatic hydroxyl groups is 1. The van der Waals surface area contributed by atoms with Gasteiger partial charge in [-0.05, 0) is 34.0 Å². The van der Waals surface area contributed by atoms with Gasteiger partial charge in [0.2, 0.25) is 0 Å². The van der Waals surface area contributed by atoms with Crippen LogP contribution in [0.3, 0.4) is 0 Å². The predicted octanol–water partition coefficient (Wildman–Crippen LogP) is 2.28. The van der Waals surface area contributed by atoms with Crippen LogP contribution in [0.5, 0.6) is 0 Å². The van der Waals surface area contributed by atoms with Crippen molar-refractivity contribution in [1.29, 1.82) is 0 Å². The number of hydrogen-bond donors (Lipinski definition) is 2. The molecular weight excluding hydrogens is 288 g/mol. The third kappa shape index (κ3) is 3.73. The minimum Gasteiger partial charge on any atom is -0.395 e. The molecule has 0 saturated heterocycles. The van der Waals surface area contributed by atoms with E-state index in [1.54, 1.807) is 6.20 Å². The zero-order valence-electron chi connectivity index (χ0n) is 9.43. The van der Waals surface area contributed by atoms with Crippen LogP contribution >= 0.6 is 27.7 Å². The second-order valence-electron chi connectivity index (χ2n) is 3.95. The molecule has 1 rings (SSSR count). The van der Waals surface area contributed by atoms with E-state index in [1.165, 1.54) is 11.8 Å². The molecule has 0 radical (unpaired) electrons. The van der Waals surface area contributed by atoms with Crippen LogP contribution in [0.1, 0.15) is 13.8 Å². The quantitative estimate of drug-likeness (QED) is 0.819. The van der Waals surface area contributed by atoms with E-state index in [-0.39, 0.29) is 17.9 Å². The summed E-state index contributed by atoms with van der Waals surface area (Å²) in [5, 5.41) is 10.2. The van der Waals surface area contributed by atoms with Gasteiger partial charge in [-0.2, -0.15) is 0 Å². The van der Waals surface area contributed by atoms with Crippen molar-refractivity contribution in [2.75, 3.05) is 6.61 Å². The summed E-state index contributed by atoms with van der Waals surface area (Å²) < 4.78 is 0.939. The summed E-state index contributed by atoms with van der Waals surface area (Å²) in [7, 11) is 0. The van der Waals surface area contributed by atoms with Crippen molar-refractivity contribution in [3.63, 3.8) is 0 Å². The summed E-state index contributed by atoms with van der Waals surface area (Å²) in [4.78, 5) is 4.26. The van der Waals surface area contributed by atoms with Crippen molar-refractivity contribution >= 4 is 27.7 Å². The van der Waals surface area contributed by atoms with E-state index in [0.717, 1.165) is 9.50 Å². The fourth-order valence-electron chi connectivity index (χ4n) is 1.27. The molecule has 0 spiro atoms. The Morgan fingerprint density at radius 1 is 1.56 bits per heavy atom. The van der Waals surface area contributed by atoms with Crippen LogP contribution in [-0.4, -0.2) is 28.0 Å². The summed E-state index contributed by atoms with van der Waals surface area (Å²) >= 11 is 4.95. The number of nitrogens with two attached hydrogens (primary N) is 1. The lowest BCUT2D eigenvalue weighted by atomic mass is 10.0. The molecule has 0 fully saturated rings. The lowest BCUT2D eigenvalue weighted by Gasteiger charge is -2.24. The van der Waals surface area contributed by atoms with E-state index in [1.807, 2.05) is 12.1 Å². The van der Waals surface area contributed by atoms with Gasteiger partial charge in [-0.15, -0.1) is 0 Å². The zero-order chi connectivity index (χ0) is 12.1. The van der Waals surface area contributed by atoms with Gasteiger partial charge in [0.25, 0.3) is 0 Å². The molecule has 0 aliphatic heterocycles. The maximum absolute atomic E-state index is 9.35. The molecule has 1 aromatic heterocycles. The fraction of sp³-hybridized carbons (Fsp3) is 0.545. The first-order valence-corrected chi connectivity index (χ1v) is 6.87. The van der Waals surface area contributed by atoms with Crippen LogP contribution in [0, 0.1) is 5.92 Å². The van der Waals surface area contributed by atoms with Crippen LogP contribution in [0.4, 0.5) is 0 Å². The van der Waals surface area contributed by atoms with Gasteiger partial charge in [0, 0.05) is 22.0 Å². The average Bonchev–Trinajstić information content (AvgIpc) is 2.27. The summed E-state index contributed by atoms with van der Waals surface area (Å²) in [5.41, 5.74) is 6.05. The van der Waals surface area contributed by atoms with Crippen LogP contribution < -0.4 is 5.73 Å². The van der Waals surface area contributed by atoms with Crippen molar-refractivity contribution in [3.8, 4) is 0 Å². The number of hydrogen-bond acceptors (Lipinski definition) is 4. The van der Waals surface area contributed by atoms with Crippen molar-refractivity contribution in [2.45, 2.75) is 30.2 Å². The third-order valence-corrected chi connectivity index (χ3v) is 4.58. The third-order valence-electron chi connectivity index (χ3n) is 2.37. The Bertz CT molecular complexity index is 336. The van der Waals surface area contributed by atoms with Gasteiger partial charge in [0.1, 0.15) is 5.03 Å². The molecule has 2 atom stereocenters. The highest BCUT2D eigenvalue weighted by Crippen LogP contribution is 2.30. The van der Waals surface area contributed by atoms with E-state index in [0.29, 0.717) is 5.92 Å². The van der Waals surface area contributed by atoms with Gasteiger partial charge in [0.05, 0.1) is 6.61 Å².